The molecule has 0 fully saturated rings. The minimum absolute atomic E-state index is 0.222. The molecule has 0 aromatic rings. The van der Waals surface area contributed by atoms with Gasteiger partial charge in [-0.05, 0) is 13.8 Å². The quantitative estimate of drug-likeness (QED) is 0.630. The smallest absolute Gasteiger partial charge is 0.206 e. The molecule has 0 heterocycles. The Hall–Kier alpha value is -0.420. The molecular formula is C11H18F6. The van der Waals surface area contributed by atoms with Crippen molar-refractivity contribution in [2.75, 3.05) is 0 Å². The van der Waals surface area contributed by atoms with Crippen molar-refractivity contribution in [2.45, 2.75) is 59.3 Å². The van der Waals surface area contributed by atoms with Crippen LogP contribution in [0, 0.1) is 10.8 Å². The van der Waals surface area contributed by atoms with Crippen LogP contribution >= 0.6 is 0 Å². The van der Waals surface area contributed by atoms with Crippen molar-refractivity contribution in [3.63, 3.8) is 0 Å². The highest BCUT2D eigenvalue weighted by atomic mass is 19.3. The van der Waals surface area contributed by atoms with Crippen LogP contribution in [-0.4, -0.2) is 17.8 Å². The van der Waals surface area contributed by atoms with E-state index in [1.165, 1.54) is 0 Å². The van der Waals surface area contributed by atoms with E-state index in [0.29, 0.717) is 13.8 Å². The Kier molecular flexibility index (Phi) is 3.69. The number of halogens is 6. The van der Waals surface area contributed by atoms with E-state index in [-0.39, 0.29) is 6.92 Å². The van der Waals surface area contributed by atoms with Gasteiger partial charge < -0.3 is 0 Å². The molecule has 0 amide bonds. The van der Waals surface area contributed by atoms with Gasteiger partial charge in [-0.2, -0.15) is 17.6 Å². The zero-order valence-electron chi connectivity index (χ0n) is 10.8. The first kappa shape index (κ1) is 16.6. The number of hydrogen-bond acceptors (Lipinski definition) is 0. The maximum Gasteiger partial charge on any atom is 0.321 e. The molecule has 0 saturated carbocycles. The van der Waals surface area contributed by atoms with E-state index in [1.807, 2.05) is 0 Å². The van der Waals surface area contributed by atoms with E-state index >= 15 is 0 Å². The Morgan fingerprint density at radius 2 is 0.824 bits per heavy atom. The van der Waals surface area contributed by atoms with Gasteiger partial charge in [0.1, 0.15) is 0 Å². The molecule has 0 aromatic carbocycles. The summed E-state index contributed by atoms with van der Waals surface area (Å²) in [4.78, 5) is 0. The lowest BCUT2D eigenvalue weighted by molar-refractivity contribution is -0.333. The lowest BCUT2D eigenvalue weighted by Gasteiger charge is -2.46. The molecule has 0 atom stereocenters. The van der Waals surface area contributed by atoms with Crippen molar-refractivity contribution in [2.24, 2.45) is 10.8 Å². The first-order valence-electron chi connectivity index (χ1n) is 5.13. The largest absolute Gasteiger partial charge is 0.321 e. The Morgan fingerprint density at radius 3 is 1.00 bits per heavy atom. The summed E-state index contributed by atoms with van der Waals surface area (Å²) in [7, 11) is 0. The minimum Gasteiger partial charge on any atom is -0.206 e. The fourth-order valence-electron chi connectivity index (χ4n) is 1.14. The van der Waals surface area contributed by atoms with E-state index in [1.54, 1.807) is 0 Å². The van der Waals surface area contributed by atoms with Crippen LogP contribution in [0.1, 0.15) is 41.5 Å². The topological polar surface area (TPSA) is 0 Å². The second kappa shape index (κ2) is 3.79. The van der Waals surface area contributed by atoms with Gasteiger partial charge in [0.05, 0.1) is 5.41 Å². The third-order valence-electron chi connectivity index (χ3n) is 3.22. The Bertz CT molecular complexity index is 251. The van der Waals surface area contributed by atoms with Crippen molar-refractivity contribution >= 4 is 0 Å². The molecule has 104 valence electrons. The van der Waals surface area contributed by atoms with Gasteiger partial charge in [0.15, 0.2) is 0 Å². The fraction of sp³-hybridized carbons (Fsp3) is 1.00. The van der Waals surface area contributed by atoms with Crippen LogP contribution in [0.15, 0.2) is 0 Å². The lowest BCUT2D eigenvalue weighted by atomic mass is 9.70. The molecule has 0 aliphatic heterocycles. The van der Waals surface area contributed by atoms with E-state index in [9.17, 15) is 26.3 Å². The van der Waals surface area contributed by atoms with E-state index in [2.05, 4.69) is 0 Å². The summed E-state index contributed by atoms with van der Waals surface area (Å²) < 4.78 is 81.0. The van der Waals surface area contributed by atoms with Gasteiger partial charge in [-0.1, -0.05) is 20.8 Å². The summed E-state index contributed by atoms with van der Waals surface area (Å²) in [5.41, 5.74) is -5.25. The molecule has 0 bridgehead atoms. The Balaban J connectivity index is 5.73. The molecule has 0 aromatic heterocycles. The van der Waals surface area contributed by atoms with Crippen LogP contribution in [0.4, 0.5) is 26.3 Å². The Morgan fingerprint density at radius 1 is 0.529 bits per heavy atom. The molecule has 0 aliphatic rings. The minimum atomic E-state index is -4.82. The molecule has 0 saturated heterocycles. The highest BCUT2D eigenvalue weighted by Gasteiger charge is 2.74. The van der Waals surface area contributed by atoms with Crippen molar-refractivity contribution in [3.8, 4) is 0 Å². The molecule has 17 heavy (non-hydrogen) atoms. The van der Waals surface area contributed by atoms with E-state index in [4.69, 9.17) is 0 Å². The van der Waals surface area contributed by atoms with Crippen molar-refractivity contribution < 1.29 is 26.3 Å². The van der Waals surface area contributed by atoms with Crippen molar-refractivity contribution in [1.82, 2.24) is 0 Å². The van der Waals surface area contributed by atoms with Gasteiger partial charge >= 0.3 is 11.8 Å². The van der Waals surface area contributed by atoms with Gasteiger partial charge in [-0.15, -0.1) is 0 Å². The van der Waals surface area contributed by atoms with Crippen LogP contribution in [0.25, 0.3) is 0 Å². The van der Waals surface area contributed by atoms with E-state index in [0.717, 1.165) is 20.8 Å². The molecule has 0 unspecified atom stereocenters. The first-order chi connectivity index (χ1) is 7.00. The van der Waals surface area contributed by atoms with Crippen LogP contribution in [-0.2, 0) is 0 Å². The maximum absolute atomic E-state index is 13.7. The van der Waals surface area contributed by atoms with Crippen molar-refractivity contribution in [3.05, 3.63) is 0 Å². The highest BCUT2D eigenvalue weighted by molar-refractivity contribution is 5.05. The molecule has 0 aliphatic carbocycles. The first-order valence-corrected chi connectivity index (χ1v) is 5.13. The monoisotopic (exact) mass is 264 g/mol. The van der Waals surface area contributed by atoms with Gasteiger partial charge in [0, 0.05) is 12.3 Å². The molecule has 6 heteroatoms. The standard InChI is InChI=1S/C11H18F6/c1-7(2,3)10(14,15)11(16,17)8(4,5)9(6,12)13/h1-6H3. The molecule has 0 rings (SSSR count). The zero-order valence-corrected chi connectivity index (χ0v) is 10.8. The van der Waals surface area contributed by atoms with Gasteiger partial charge in [-0.3, -0.25) is 0 Å². The summed E-state index contributed by atoms with van der Waals surface area (Å²) in [6.45, 7) is 3.80. The molecular weight excluding hydrogens is 246 g/mol. The molecule has 0 spiro atoms. The van der Waals surface area contributed by atoms with E-state index < -0.39 is 28.6 Å². The second-order valence-corrected chi connectivity index (χ2v) is 5.91. The lowest BCUT2D eigenvalue weighted by Crippen LogP contribution is -2.62. The van der Waals surface area contributed by atoms with Gasteiger partial charge in [0.2, 0.25) is 0 Å². The molecule has 0 radical (unpaired) electrons. The summed E-state index contributed by atoms with van der Waals surface area (Å²) in [5.74, 6) is -13.3. The summed E-state index contributed by atoms with van der Waals surface area (Å²) in [6.07, 6.45) is 0. The van der Waals surface area contributed by atoms with Gasteiger partial charge in [0.25, 0.3) is 5.92 Å². The van der Waals surface area contributed by atoms with Gasteiger partial charge in [-0.25, -0.2) is 8.78 Å². The summed E-state index contributed by atoms with van der Waals surface area (Å²) in [5, 5.41) is 0. The van der Waals surface area contributed by atoms with Crippen LogP contribution in [0.2, 0.25) is 0 Å². The highest BCUT2D eigenvalue weighted by Crippen LogP contribution is 2.58. The third kappa shape index (κ3) is 2.27. The number of rotatable bonds is 3. The molecule has 0 N–H and O–H groups in total. The fourth-order valence-corrected chi connectivity index (χ4v) is 1.14. The average molecular weight is 264 g/mol. The summed E-state index contributed by atoms with van der Waals surface area (Å²) >= 11 is 0. The zero-order chi connectivity index (χ0) is 14.5. The SMILES string of the molecule is CC(C)(C)C(F)(F)C(F)(F)C(C)(C)C(C)(F)F. The summed E-state index contributed by atoms with van der Waals surface area (Å²) in [6, 6.07) is 0. The Labute approximate surface area is 97.4 Å². The normalized spacial score (nSPS) is 16.2. The number of hydrogen-bond donors (Lipinski definition) is 0. The average Bonchev–Trinajstić information content (AvgIpc) is 1.98. The second-order valence-electron chi connectivity index (χ2n) is 5.91. The third-order valence-corrected chi connectivity index (χ3v) is 3.22. The van der Waals surface area contributed by atoms with Crippen LogP contribution in [0.5, 0.6) is 0 Å². The van der Waals surface area contributed by atoms with Crippen molar-refractivity contribution in [1.29, 1.82) is 0 Å². The number of alkyl halides is 6. The van der Waals surface area contributed by atoms with Crippen LogP contribution in [0.3, 0.4) is 0 Å². The predicted molar refractivity (Wildman–Crippen MR) is 53.8 cm³/mol. The predicted octanol–water partition coefficient (Wildman–Crippen LogP) is 4.98. The molecule has 0 nitrogen and oxygen atoms in total. The maximum atomic E-state index is 13.7. The van der Waals surface area contributed by atoms with Crippen LogP contribution < -0.4 is 0 Å².